The number of carbonyl (C=O) groups excluding carboxylic acids is 1. The number of rotatable bonds is 2. The van der Waals surface area contributed by atoms with Gasteiger partial charge in [0.25, 0.3) is 0 Å². The quantitative estimate of drug-likeness (QED) is 0.892. The van der Waals surface area contributed by atoms with Gasteiger partial charge < -0.3 is 11.1 Å². The van der Waals surface area contributed by atoms with E-state index in [1.807, 2.05) is 38.1 Å². The molecule has 2 aromatic carbocycles. The molecule has 4 heteroatoms. The van der Waals surface area contributed by atoms with Crippen molar-refractivity contribution in [3.63, 3.8) is 0 Å². The third-order valence-electron chi connectivity index (χ3n) is 3.96. The molecule has 1 aliphatic heterocycles. The first kappa shape index (κ1) is 14.1. The van der Waals surface area contributed by atoms with Crippen molar-refractivity contribution < 1.29 is 4.79 Å². The molecule has 1 amide bonds. The minimum atomic E-state index is -0.294. The molecule has 21 heavy (non-hydrogen) atoms. The Morgan fingerprint density at radius 3 is 2.76 bits per heavy atom. The van der Waals surface area contributed by atoms with Gasteiger partial charge in [-0.3, -0.25) is 4.79 Å². The maximum atomic E-state index is 11.6. The summed E-state index contributed by atoms with van der Waals surface area (Å²) in [4.78, 5) is 11.6. The molecule has 0 fully saturated rings. The number of amides is 1. The number of anilines is 1. The van der Waals surface area contributed by atoms with Crippen molar-refractivity contribution in [1.29, 1.82) is 0 Å². The SMILES string of the molecule is Cc1cccc(C(N)c2cc3c(c(C)c2Cl)NC(=O)C3)c1. The number of hydrogen-bond donors (Lipinski definition) is 2. The van der Waals surface area contributed by atoms with Crippen molar-refractivity contribution in [2.45, 2.75) is 26.3 Å². The number of carbonyl (C=O) groups is 1. The van der Waals surface area contributed by atoms with Gasteiger partial charge in [0.15, 0.2) is 0 Å². The molecule has 1 atom stereocenters. The first-order valence-electron chi connectivity index (χ1n) is 6.91. The number of benzene rings is 2. The lowest BCUT2D eigenvalue weighted by Crippen LogP contribution is -2.13. The summed E-state index contributed by atoms with van der Waals surface area (Å²) in [5, 5.41) is 3.49. The third-order valence-corrected chi connectivity index (χ3v) is 4.46. The first-order chi connectivity index (χ1) is 9.97. The Balaban J connectivity index is 2.09. The van der Waals surface area contributed by atoms with E-state index in [1.165, 1.54) is 0 Å². The van der Waals surface area contributed by atoms with Crippen LogP contribution in [0.5, 0.6) is 0 Å². The summed E-state index contributed by atoms with van der Waals surface area (Å²) in [6, 6.07) is 9.75. The molecular formula is C17H17ClN2O. The molecule has 0 saturated carbocycles. The van der Waals surface area contributed by atoms with Crippen molar-refractivity contribution in [3.8, 4) is 0 Å². The van der Waals surface area contributed by atoms with E-state index in [0.717, 1.165) is 33.5 Å². The van der Waals surface area contributed by atoms with Gasteiger partial charge in [0.1, 0.15) is 0 Å². The molecular weight excluding hydrogens is 284 g/mol. The molecule has 1 aliphatic rings. The Hall–Kier alpha value is -1.84. The highest BCUT2D eigenvalue weighted by Crippen LogP contribution is 2.38. The van der Waals surface area contributed by atoms with Crippen LogP contribution in [0.3, 0.4) is 0 Å². The molecule has 3 nitrogen and oxygen atoms in total. The molecule has 1 heterocycles. The van der Waals surface area contributed by atoms with E-state index in [1.54, 1.807) is 0 Å². The molecule has 3 N–H and O–H groups in total. The van der Waals surface area contributed by atoms with Gasteiger partial charge in [-0.05, 0) is 42.2 Å². The Kier molecular flexibility index (Phi) is 3.47. The lowest BCUT2D eigenvalue weighted by molar-refractivity contribution is -0.115. The van der Waals surface area contributed by atoms with Crippen LogP contribution < -0.4 is 11.1 Å². The summed E-state index contributed by atoms with van der Waals surface area (Å²) in [7, 11) is 0. The van der Waals surface area contributed by atoms with Gasteiger partial charge in [-0.25, -0.2) is 0 Å². The van der Waals surface area contributed by atoms with Gasteiger partial charge in [-0.15, -0.1) is 0 Å². The summed E-state index contributed by atoms with van der Waals surface area (Å²) in [6.45, 7) is 3.95. The number of fused-ring (bicyclic) bond motifs is 1. The second-order valence-electron chi connectivity index (χ2n) is 5.56. The minimum Gasteiger partial charge on any atom is -0.325 e. The molecule has 0 bridgehead atoms. The van der Waals surface area contributed by atoms with E-state index >= 15 is 0 Å². The second kappa shape index (κ2) is 5.17. The molecule has 0 aromatic heterocycles. The standard InChI is InChI=1S/C17H17ClN2O/c1-9-4-3-5-11(6-9)16(19)13-7-12-8-14(21)20-17(12)10(2)15(13)18/h3-7,16H,8,19H2,1-2H3,(H,20,21). The number of nitrogens with two attached hydrogens (primary N) is 1. The molecule has 1 unspecified atom stereocenters. The fourth-order valence-electron chi connectivity index (χ4n) is 2.83. The normalized spacial score (nSPS) is 14.8. The zero-order chi connectivity index (χ0) is 15.1. The maximum absolute atomic E-state index is 11.6. The highest BCUT2D eigenvalue weighted by Gasteiger charge is 2.25. The van der Waals surface area contributed by atoms with E-state index in [-0.39, 0.29) is 11.9 Å². The Bertz CT molecular complexity index is 740. The highest BCUT2D eigenvalue weighted by atomic mass is 35.5. The Morgan fingerprint density at radius 2 is 2.05 bits per heavy atom. The van der Waals surface area contributed by atoms with Crippen molar-refractivity contribution in [2.24, 2.45) is 5.73 Å². The highest BCUT2D eigenvalue weighted by molar-refractivity contribution is 6.33. The summed E-state index contributed by atoms with van der Waals surface area (Å²) in [5.41, 5.74) is 12.1. The molecule has 2 aromatic rings. The Morgan fingerprint density at radius 1 is 1.29 bits per heavy atom. The van der Waals surface area contributed by atoms with E-state index < -0.39 is 0 Å². The van der Waals surface area contributed by atoms with Crippen molar-refractivity contribution >= 4 is 23.2 Å². The zero-order valence-electron chi connectivity index (χ0n) is 12.0. The lowest BCUT2D eigenvalue weighted by atomic mass is 9.94. The van der Waals surface area contributed by atoms with Crippen LogP contribution in [0.1, 0.15) is 33.9 Å². The van der Waals surface area contributed by atoms with Crippen molar-refractivity contribution in [1.82, 2.24) is 0 Å². The fourth-order valence-corrected chi connectivity index (χ4v) is 3.10. The van der Waals surface area contributed by atoms with Gasteiger partial charge in [-0.2, -0.15) is 0 Å². The van der Waals surface area contributed by atoms with Gasteiger partial charge in [0, 0.05) is 5.69 Å². The minimum absolute atomic E-state index is 0.00504. The number of hydrogen-bond acceptors (Lipinski definition) is 2. The largest absolute Gasteiger partial charge is 0.325 e. The van der Waals surface area contributed by atoms with E-state index in [4.69, 9.17) is 17.3 Å². The van der Waals surface area contributed by atoms with Gasteiger partial charge in [0.05, 0.1) is 17.5 Å². The molecule has 0 saturated heterocycles. The number of nitrogens with one attached hydrogen (secondary N) is 1. The van der Waals surface area contributed by atoms with E-state index in [9.17, 15) is 4.79 Å². The maximum Gasteiger partial charge on any atom is 0.228 e. The Labute approximate surface area is 129 Å². The van der Waals surface area contributed by atoms with E-state index in [2.05, 4.69) is 11.4 Å². The lowest BCUT2D eigenvalue weighted by Gasteiger charge is -2.18. The van der Waals surface area contributed by atoms with Crippen LogP contribution in [-0.4, -0.2) is 5.91 Å². The number of aryl methyl sites for hydroxylation is 1. The molecule has 3 rings (SSSR count). The molecule has 0 radical (unpaired) electrons. The van der Waals surface area contributed by atoms with Gasteiger partial charge in [0.2, 0.25) is 5.91 Å². The van der Waals surface area contributed by atoms with Crippen LogP contribution in [0.4, 0.5) is 5.69 Å². The van der Waals surface area contributed by atoms with Crippen LogP contribution in [0.15, 0.2) is 30.3 Å². The smallest absolute Gasteiger partial charge is 0.228 e. The third kappa shape index (κ3) is 2.43. The van der Waals surface area contributed by atoms with Crippen molar-refractivity contribution in [2.75, 3.05) is 5.32 Å². The van der Waals surface area contributed by atoms with E-state index in [0.29, 0.717) is 11.4 Å². The van der Waals surface area contributed by atoms with Crippen LogP contribution >= 0.6 is 11.6 Å². The predicted octanol–water partition coefficient (Wildman–Crippen LogP) is 3.50. The van der Waals surface area contributed by atoms with Crippen molar-refractivity contribution in [3.05, 3.63) is 63.2 Å². The predicted molar refractivity (Wildman–Crippen MR) is 85.7 cm³/mol. The van der Waals surface area contributed by atoms with Gasteiger partial charge in [-0.1, -0.05) is 41.4 Å². The molecule has 108 valence electrons. The van der Waals surface area contributed by atoms with Gasteiger partial charge >= 0.3 is 0 Å². The monoisotopic (exact) mass is 300 g/mol. The van der Waals surface area contributed by atoms with Crippen LogP contribution in [0.25, 0.3) is 0 Å². The second-order valence-corrected chi connectivity index (χ2v) is 5.93. The van der Waals surface area contributed by atoms with Crippen LogP contribution in [-0.2, 0) is 11.2 Å². The average molecular weight is 301 g/mol. The average Bonchev–Trinajstić information content (AvgIpc) is 2.83. The summed E-state index contributed by atoms with van der Waals surface area (Å²) in [6.07, 6.45) is 0.390. The molecule has 0 spiro atoms. The zero-order valence-corrected chi connectivity index (χ0v) is 12.8. The topological polar surface area (TPSA) is 55.1 Å². The molecule has 0 aliphatic carbocycles. The summed E-state index contributed by atoms with van der Waals surface area (Å²) >= 11 is 6.48. The van der Waals surface area contributed by atoms with Crippen LogP contribution in [0.2, 0.25) is 5.02 Å². The van der Waals surface area contributed by atoms with Crippen LogP contribution in [0, 0.1) is 13.8 Å². The number of halogens is 1. The fraction of sp³-hybridized carbons (Fsp3) is 0.235. The first-order valence-corrected chi connectivity index (χ1v) is 7.29. The summed E-state index contributed by atoms with van der Waals surface area (Å²) < 4.78 is 0. The summed E-state index contributed by atoms with van der Waals surface area (Å²) in [5.74, 6) is 0.00504.